The van der Waals surface area contributed by atoms with Crippen LogP contribution >= 0.6 is 0 Å². The van der Waals surface area contributed by atoms with Crippen LogP contribution in [0.15, 0.2) is 48.8 Å². The van der Waals surface area contributed by atoms with E-state index in [0.717, 1.165) is 47.1 Å². The van der Waals surface area contributed by atoms with Gasteiger partial charge in [0.1, 0.15) is 0 Å². The summed E-state index contributed by atoms with van der Waals surface area (Å²) in [4.78, 5) is 4.59. The molecular formula is C23H25F3N2. The standard InChI is InChI=1S/C23H25F3N2/c1-15-10-19(13-22(2,3)12-15)28-14-27-20-11-17(6-9-21(20)28)16-4-7-18(8-5-16)23(24,25)26/h4-9,11,14-15,19H,10,12-13H2,1-3H3. The summed E-state index contributed by atoms with van der Waals surface area (Å²) in [5, 5.41) is 0. The maximum Gasteiger partial charge on any atom is 0.416 e. The second-order valence-electron chi connectivity index (χ2n) is 9.00. The number of halogens is 3. The third-order valence-electron chi connectivity index (χ3n) is 5.88. The van der Waals surface area contributed by atoms with E-state index in [2.05, 4.69) is 30.3 Å². The molecule has 2 atom stereocenters. The maximum absolute atomic E-state index is 12.8. The fraction of sp³-hybridized carbons (Fsp3) is 0.435. The van der Waals surface area contributed by atoms with E-state index < -0.39 is 11.7 Å². The van der Waals surface area contributed by atoms with Gasteiger partial charge in [0.2, 0.25) is 0 Å². The van der Waals surface area contributed by atoms with E-state index in [1.54, 1.807) is 0 Å². The normalized spacial score (nSPS) is 22.5. The first-order valence-corrected chi connectivity index (χ1v) is 9.77. The van der Waals surface area contributed by atoms with Crippen LogP contribution in [0.4, 0.5) is 13.2 Å². The average Bonchev–Trinajstić information content (AvgIpc) is 3.02. The second-order valence-corrected chi connectivity index (χ2v) is 9.00. The van der Waals surface area contributed by atoms with Crippen LogP contribution in [0.5, 0.6) is 0 Å². The quantitative estimate of drug-likeness (QED) is 0.459. The van der Waals surface area contributed by atoms with Crippen LogP contribution in [0.1, 0.15) is 51.6 Å². The predicted octanol–water partition coefficient (Wildman–Crippen LogP) is 7.11. The molecule has 28 heavy (non-hydrogen) atoms. The lowest BCUT2D eigenvalue weighted by Gasteiger charge is -2.39. The molecule has 0 radical (unpaired) electrons. The van der Waals surface area contributed by atoms with Crippen LogP contribution in [0.3, 0.4) is 0 Å². The molecule has 3 aromatic rings. The monoisotopic (exact) mass is 386 g/mol. The molecule has 0 aliphatic heterocycles. The topological polar surface area (TPSA) is 17.8 Å². The summed E-state index contributed by atoms with van der Waals surface area (Å²) in [5.41, 5.74) is 3.30. The van der Waals surface area contributed by atoms with Crippen molar-refractivity contribution >= 4 is 11.0 Å². The van der Waals surface area contributed by atoms with E-state index >= 15 is 0 Å². The molecule has 1 heterocycles. The first-order chi connectivity index (χ1) is 13.1. The summed E-state index contributed by atoms with van der Waals surface area (Å²) in [6.45, 7) is 6.98. The van der Waals surface area contributed by atoms with Crippen molar-refractivity contribution in [1.29, 1.82) is 0 Å². The van der Waals surface area contributed by atoms with Crippen molar-refractivity contribution < 1.29 is 13.2 Å². The lowest BCUT2D eigenvalue weighted by atomic mass is 9.70. The minimum Gasteiger partial charge on any atom is -0.327 e. The third-order valence-corrected chi connectivity index (χ3v) is 5.88. The molecule has 0 amide bonds. The van der Waals surface area contributed by atoms with Gasteiger partial charge in [-0.2, -0.15) is 13.2 Å². The molecule has 5 heteroatoms. The summed E-state index contributed by atoms with van der Waals surface area (Å²) in [5.74, 6) is 0.678. The molecule has 2 nitrogen and oxygen atoms in total. The Labute approximate surface area is 163 Å². The van der Waals surface area contributed by atoms with Crippen molar-refractivity contribution in [2.24, 2.45) is 11.3 Å². The van der Waals surface area contributed by atoms with Gasteiger partial charge in [-0.25, -0.2) is 4.98 Å². The second kappa shape index (κ2) is 6.64. The van der Waals surface area contributed by atoms with E-state index in [1.165, 1.54) is 18.6 Å². The maximum atomic E-state index is 12.8. The van der Waals surface area contributed by atoms with Crippen molar-refractivity contribution in [3.8, 4) is 11.1 Å². The van der Waals surface area contributed by atoms with Gasteiger partial charge in [0.15, 0.2) is 0 Å². The van der Waals surface area contributed by atoms with Gasteiger partial charge in [0.05, 0.1) is 22.9 Å². The minimum atomic E-state index is -4.31. The average molecular weight is 386 g/mol. The van der Waals surface area contributed by atoms with E-state index in [1.807, 2.05) is 24.5 Å². The zero-order valence-corrected chi connectivity index (χ0v) is 16.4. The largest absolute Gasteiger partial charge is 0.416 e. The first kappa shape index (κ1) is 19.0. The van der Waals surface area contributed by atoms with Crippen molar-refractivity contribution in [3.63, 3.8) is 0 Å². The summed E-state index contributed by atoms with van der Waals surface area (Å²) < 4.78 is 40.6. The Kier molecular flexibility index (Phi) is 4.52. The fourth-order valence-corrected chi connectivity index (χ4v) is 4.86. The van der Waals surface area contributed by atoms with Gasteiger partial charge in [-0.05, 0) is 66.0 Å². The molecule has 0 spiro atoms. The molecule has 1 aromatic heterocycles. The van der Waals surface area contributed by atoms with E-state index in [9.17, 15) is 13.2 Å². The van der Waals surface area contributed by atoms with Crippen LogP contribution in [0, 0.1) is 11.3 Å². The Balaban J connectivity index is 1.65. The molecular weight excluding hydrogens is 361 g/mol. The molecule has 1 saturated carbocycles. The molecule has 0 bridgehead atoms. The SMILES string of the molecule is CC1CC(n2cnc3cc(-c4ccc(C(F)(F)F)cc4)ccc32)CC(C)(C)C1. The van der Waals surface area contributed by atoms with E-state index in [0.29, 0.717) is 17.4 Å². The van der Waals surface area contributed by atoms with E-state index in [4.69, 9.17) is 0 Å². The fourth-order valence-electron chi connectivity index (χ4n) is 4.86. The highest BCUT2D eigenvalue weighted by molar-refractivity contribution is 5.82. The Morgan fingerprint density at radius 2 is 1.68 bits per heavy atom. The zero-order valence-electron chi connectivity index (χ0n) is 16.4. The van der Waals surface area contributed by atoms with Gasteiger partial charge < -0.3 is 4.57 Å². The molecule has 1 aliphatic rings. The van der Waals surface area contributed by atoms with Crippen LogP contribution in [0.25, 0.3) is 22.2 Å². The van der Waals surface area contributed by atoms with Crippen LogP contribution in [-0.2, 0) is 6.18 Å². The highest BCUT2D eigenvalue weighted by Crippen LogP contribution is 2.44. The van der Waals surface area contributed by atoms with Crippen molar-refractivity contribution in [2.75, 3.05) is 0 Å². The Hall–Kier alpha value is -2.30. The van der Waals surface area contributed by atoms with Crippen LogP contribution in [0.2, 0.25) is 0 Å². The number of rotatable bonds is 2. The zero-order chi connectivity index (χ0) is 20.1. The minimum absolute atomic E-state index is 0.319. The Morgan fingerprint density at radius 3 is 2.32 bits per heavy atom. The lowest BCUT2D eigenvalue weighted by molar-refractivity contribution is -0.137. The van der Waals surface area contributed by atoms with Crippen LogP contribution < -0.4 is 0 Å². The summed E-state index contributed by atoms with van der Waals surface area (Å²) in [6, 6.07) is 11.7. The van der Waals surface area contributed by atoms with Gasteiger partial charge in [0, 0.05) is 6.04 Å². The van der Waals surface area contributed by atoms with Crippen molar-refractivity contribution in [3.05, 3.63) is 54.4 Å². The number of hydrogen-bond acceptors (Lipinski definition) is 1. The smallest absolute Gasteiger partial charge is 0.327 e. The molecule has 1 aliphatic carbocycles. The number of nitrogens with zero attached hydrogens (tertiary/aromatic N) is 2. The summed E-state index contributed by atoms with van der Waals surface area (Å²) in [6.07, 6.45) is 1.12. The summed E-state index contributed by atoms with van der Waals surface area (Å²) >= 11 is 0. The molecule has 1 fully saturated rings. The molecule has 2 aromatic carbocycles. The molecule has 0 saturated heterocycles. The van der Waals surface area contributed by atoms with Gasteiger partial charge in [-0.15, -0.1) is 0 Å². The van der Waals surface area contributed by atoms with Crippen LogP contribution in [-0.4, -0.2) is 9.55 Å². The highest BCUT2D eigenvalue weighted by atomic mass is 19.4. The van der Waals surface area contributed by atoms with Crippen molar-refractivity contribution in [2.45, 2.75) is 52.3 Å². The number of imidazole rings is 1. The first-order valence-electron chi connectivity index (χ1n) is 9.77. The number of hydrogen-bond donors (Lipinski definition) is 0. The Morgan fingerprint density at radius 1 is 1.00 bits per heavy atom. The van der Waals surface area contributed by atoms with Gasteiger partial charge in [-0.3, -0.25) is 0 Å². The predicted molar refractivity (Wildman–Crippen MR) is 106 cm³/mol. The number of alkyl halides is 3. The molecule has 2 unspecified atom stereocenters. The molecule has 0 N–H and O–H groups in total. The molecule has 4 rings (SSSR count). The van der Waals surface area contributed by atoms with Gasteiger partial charge in [0.25, 0.3) is 0 Å². The third kappa shape index (κ3) is 3.67. The van der Waals surface area contributed by atoms with Gasteiger partial charge in [-0.1, -0.05) is 39.0 Å². The Bertz CT molecular complexity index is 983. The number of benzene rings is 2. The highest BCUT2D eigenvalue weighted by Gasteiger charge is 2.33. The molecule has 148 valence electrons. The van der Waals surface area contributed by atoms with Gasteiger partial charge >= 0.3 is 6.18 Å². The van der Waals surface area contributed by atoms with E-state index in [-0.39, 0.29) is 0 Å². The lowest BCUT2D eigenvalue weighted by Crippen LogP contribution is -2.29. The number of aromatic nitrogens is 2. The van der Waals surface area contributed by atoms with Crippen molar-refractivity contribution in [1.82, 2.24) is 9.55 Å². The summed E-state index contributed by atoms with van der Waals surface area (Å²) in [7, 11) is 0. The number of fused-ring (bicyclic) bond motifs is 1.